The van der Waals surface area contributed by atoms with Crippen molar-refractivity contribution >= 4 is 15.8 Å². The Morgan fingerprint density at radius 1 is 1.00 bits per heavy atom. The smallest absolute Gasteiger partial charge is 0.341 e. The Morgan fingerprint density at radius 2 is 1.65 bits per heavy atom. The van der Waals surface area contributed by atoms with Gasteiger partial charge in [-0.25, -0.2) is 13.2 Å². The van der Waals surface area contributed by atoms with E-state index in [4.69, 9.17) is 0 Å². The Labute approximate surface area is 152 Å². The quantitative estimate of drug-likeness (QED) is 0.842. The zero-order valence-corrected chi connectivity index (χ0v) is 14.9. The zero-order valence-electron chi connectivity index (χ0n) is 14.1. The van der Waals surface area contributed by atoms with Crippen LogP contribution in [-0.2, 0) is 26.7 Å². The third kappa shape index (κ3) is 2.56. The standard InChI is InChI=1S/C20H20O5S/c21-19(22)20(23,18-12-5-13-3-1-2-4-17(13)18)14-6-8-15(9-7-14)26(24,25)16-10-11-16/h1-4,6-9,16,18,23H,5,10-12H2,(H,21,22). The topological polar surface area (TPSA) is 91.7 Å². The third-order valence-electron chi connectivity index (χ3n) is 5.55. The van der Waals surface area contributed by atoms with Crippen LogP contribution in [0.1, 0.15) is 41.9 Å². The third-order valence-corrected chi connectivity index (χ3v) is 7.83. The summed E-state index contributed by atoms with van der Waals surface area (Å²) in [5, 5.41) is 20.7. The molecular formula is C20H20O5S. The van der Waals surface area contributed by atoms with Crippen molar-refractivity contribution in [3.8, 4) is 0 Å². The molecule has 2 atom stereocenters. The monoisotopic (exact) mass is 372 g/mol. The molecule has 0 aromatic heterocycles. The molecule has 0 heterocycles. The molecule has 0 radical (unpaired) electrons. The van der Waals surface area contributed by atoms with E-state index in [1.165, 1.54) is 24.3 Å². The van der Waals surface area contributed by atoms with Crippen LogP contribution in [-0.4, -0.2) is 29.9 Å². The van der Waals surface area contributed by atoms with Crippen LogP contribution in [0.2, 0.25) is 0 Å². The fourth-order valence-corrected chi connectivity index (χ4v) is 5.59. The van der Waals surface area contributed by atoms with Gasteiger partial charge in [-0.3, -0.25) is 0 Å². The minimum absolute atomic E-state index is 0.184. The van der Waals surface area contributed by atoms with Crippen LogP contribution in [0.4, 0.5) is 0 Å². The lowest BCUT2D eigenvalue weighted by atomic mass is 9.78. The Hall–Kier alpha value is -2.18. The van der Waals surface area contributed by atoms with Crippen LogP contribution in [0.15, 0.2) is 53.4 Å². The van der Waals surface area contributed by atoms with Crippen molar-refractivity contribution in [1.29, 1.82) is 0 Å². The normalized spacial score (nSPS) is 21.8. The highest BCUT2D eigenvalue weighted by Gasteiger charge is 2.49. The Bertz CT molecular complexity index is 960. The van der Waals surface area contributed by atoms with E-state index in [0.29, 0.717) is 25.7 Å². The van der Waals surface area contributed by atoms with Crippen LogP contribution >= 0.6 is 0 Å². The maximum Gasteiger partial charge on any atom is 0.341 e. The highest BCUT2D eigenvalue weighted by molar-refractivity contribution is 7.92. The number of hydrogen-bond acceptors (Lipinski definition) is 4. The van der Waals surface area contributed by atoms with Gasteiger partial charge >= 0.3 is 5.97 Å². The molecule has 2 aromatic carbocycles. The SMILES string of the molecule is O=C(O)C(O)(c1ccc(S(=O)(=O)C2CC2)cc1)C1CCc2ccccc21. The van der Waals surface area contributed by atoms with Gasteiger partial charge in [-0.1, -0.05) is 36.4 Å². The summed E-state index contributed by atoms with van der Waals surface area (Å²) in [5.41, 5.74) is 0.00714. The summed E-state index contributed by atoms with van der Waals surface area (Å²) in [6.07, 6.45) is 2.58. The number of aryl methyl sites for hydroxylation is 1. The van der Waals surface area contributed by atoms with E-state index >= 15 is 0 Å². The summed E-state index contributed by atoms with van der Waals surface area (Å²) in [6, 6.07) is 13.2. The predicted molar refractivity (Wildman–Crippen MR) is 95.7 cm³/mol. The van der Waals surface area contributed by atoms with Gasteiger partial charge in [-0.05, 0) is 54.5 Å². The van der Waals surface area contributed by atoms with Gasteiger partial charge < -0.3 is 10.2 Å². The number of benzene rings is 2. The second-order valence-electron chi connectivity index (χ2n) is 7.13. The van der Waals surface area contributed by atoms with Crippen LogP contribution < -0.4 is 0 Å². The molecule has 6 heteroatoms. The van der Waals surface area contributed by atoms with E-state index in [1.54, 1.807) is 0 Å². The van der Waals surface area contributed by atoms with Gasteiger partial charge in [-0.2, -0.15) is 0 Å². The predicted octanol–water partition coefficient (Wildman–Crippen LogP) is 2.62. The highest BCUT2D eigenvalue weighted by atomic mass is 32.2. The molecule has 0 aliphatic heterocycles. The van der Waals surface area contributed by atoms with Gasteiger partial charge in [0, 0.05) is 5.92 Å². The number of carbonyl (C=O) groups is 1. The van der Waals surface area contributed by atoms with E-state index < -0.39 is 27.3 Å². The summed E-state index contributed by atoms with van der Waals surface area (Å²) in [4.78, 5) is 12.2. The van der Waals surface area contributed by atoms with Gasteiger partial charge in [0.25, 0.3) is 0 Å². The van der Waals surface area contributed by atoms with Crippen molar-refractivity contribution in [1.82, 2.24) is 0 Å². The lowest BCUT2D eigenvalue weighted by molar-refractivity contribution is -0.162. The Balaban J connectivity index is 1.74. The van der Waals surface area contributed by atoms with E-state index in [1.807, 2.05) is 24.3 Å². The zero-order chi connectivity index (χ0) is 18.5. The average molecular weight is 372 g/mol. The molecule has 1 fully saturated rings. The second-order valence-corrected chi connectivity index (χ2v) is 9.36. The minimum Gasteiger partial charge on any atom is -0.479 e. The number of carboxylic acid groups (broad SMARTS) is 1. The van der Waals surface area contributed by atoms with Crippen molar-refractivity contribution < 1.29 is 23.4 Å². The number of rotatable bonds is 5. The molecular weight excluding hydrogens is 352 g/mol. The van der Waals surface area contributed by atoms with Gasteiger partial charge in [0.05, 0.1) is 10.1 Å². The first kappa shape index (κ1) is 17.2. The van der Waals surface area contributed by atoms with Crippen molar-refractivity contribution in [2.45, 2.75) is 47.3 Å². The lowest BCUT2D eigenvalue weighted by Gasteiger charge is -2.31. The molecule has 2 aliphatic carbocycles. The Kier molecular flexibility index (Phi) is 3.93. The van der Waals surface area contributed by atoms with E-state index in [0.717, 1.165) is 11.1 Å². The van der Waals surface area contributed by atoms with Gasteiger partial charge in [0.1, 0.15) is 0 Å². The molecule has 0 saturated heterocycles. The summed E-state index contributed by atoms with van der Waals surface area (Å²) in [6.45, 7) is 0. The minimum atomic E-state index is -3.35. The van der Waals surface area contributed by atoms with Crippen LogP contribution in [0.3, 0.4) is 0 Å². The summed E-state index contributed by atoms with van der Waals surface area (Å²) in [5.74, 6) is -1.89. The molecule has 1 saturated carbocycles. The van der Waals surface area contributed by atoms with Crippen LogP contribution in [0.25, 0.3) is 0 Å². The molecule has 26 heavy (non-hydrogen) atoms. The summed E-state index contributed by atoms with van der Waals surface area (Å²) in [7, 11) is -3.35. The van der Waals surface area contributed by atoms with Crippen LogP contribution in [0.5, 0.6) is 0 Å². The summed E-state index contributed by atoms with van der Waals surface area (Å²) >= 11 is 0. The molecule has 2 aliphatic rings. The summed E-state index contributed by atoms with van der Waals surface area (Å²) < 4.78 is 24.7. The molecule has 136 valence electrons. The first-order chi connectivity index (χ1) is 12.3. The number of sulfone groups is 1. The highest BCUT2D eigenvalue weighted by Crippen LogP contribution is 2.46. The van der Waals surface area contributed by atoms with E-state index in [-0.39, 0.29) is 15.7 Å². The van der Waals surface area contributed by atoms with Crippen molar-refractivity contribution in [2.75, 3.05) is 0 Å². The number of carboxylic acids is 1. The fourth-order valence-electron chi connectivity index (χ4n) is 3.93. The Morgan fingerprint density at radius 3 is 2.27 bits per heavy atom. The molecule has 0 bridgehead atoms. The molecule has 2 unspecified atom stereocenters. The van der Waals surface area contributed by atoms with E-state index in [2.05, 4.69) is 0 Å². The number of aliphatic carboxylic acids is 1. The van der Waals surface area contributed by atoms with E-state index in [9.17, 15) is 23.4 Å². The second kappa shape index (κ2) is 5.93. The van der Waals surface area contributed by atoms with Crippen molar-refractivity contribution in [3.63, 3.8) is 0 Å². The molecule has 4 rings (SSSR count). The van der Waals surface area contributed by atoms with Gasteiger partial charge in [-0.15, -0.1) is 0 Å². The lowest BCUT2D eigenvalue weighted by Crippen LogP contribution is -2.41. The molecule has 5 nitrogen and oxygen atoms in total. The molecule has 2 N–H and O–H groups in total. The van der Waals surface area contributed by atoms with Crippen molar-refractivity contribution in [3.05, 3.63) is 65.2 Å². The maximum atomic E-state index is 12.3. The van der Waals surface area contributed by atoms with Gasteiger partial charge in [0.2, 0.25) is 0 Å². The van der Waals surface area contributed by atoms with Crippen molar-refractivity contribution in [2.24, 2.45) is 0 Å². The first-order valence-corrected chi connectivity index (χ1v) is 10.3. The number of hydrogen-bond donors (Lipinski definition) is 2. The fraction of sp³-hybridized carbons (Fsp3) is 0.350. The largest absolute Gasteiger partial charge is 0.479 e. The molecule has 2 aromatic rings. The van der Waals surface area contributed by atoms with Crippen LogP contribution in [0, 0.1) is 0 Å². The number of aliphatic hydroxyl groups is 1. The number of fused-ring (bicyclic) bond motifs is 1. The molecule has 0 spiro atoms. The molecule has 0 amide bonds. The maximum absolute atomic E-state index is 12.3. The average Bonchev–Trinajstić information content (AvgIpc) is 3.41. The first-order valence-electron chi connectivity index (χ1n) is 8.73. The van der Waals surface area contributed by atoms with Gasteiger partial charge in [0.15, 0.2) is 15.4 Å².